The molecule has 0 bridgehead atoms. The first kappa shape index (κ1) is 10.4. The Balaban J connectivity index is 2.55. The lowest BCUT2D eigenvalue weighted by Gasteiger charge is -2.03. The van der Waals surface area contributed by atoms with Gasteiger partial charge < -0.3 is 16.3 Å². The van der Waals surface area contributed by atoms with Crippen molar-refractivity contribution in [3.8, 4) is 0 Å². The largest absolute Gasteiger partial charge is 0.461 e. The van der Waals surface area contributed by atoms with Gasteiger partial charge in [-0.2, -0.15) is 0 Å². The van der Waals surface area contributed by atoms with Gasteiger partial charge >= 0.3 is 5.97 Å². The van der Waals surface area contributed by atoms with Crippen LogP contribution in [-0.4, -0.2) is 17.3 Å². The van der Waals surface area contributed by atoms with Crippen molar-refractivity contribution in [1.82, 2.24) is 4.68 Å². The number of carbonyl (C=O) groups excluding carboxylic acids is 1. The molecule has 1 heterocycles. The van der Waals surface area contributed by atoms with Crippen molar-refractivity contribution < 1.29 is 9.53 Å². The predicted molar refractivity (Wildman–Crippen MR) is 62.5 cm³/mol. The molecule has 0 radical (unpaired) electrons. The van der Waals surface area contributed by atoms with Crippen LogP contribution in [0.25, 0.3) is 10.9 Å². The highest BCUT2D eigenvalue weighted by molar-refractivity contribution is 5.96. The van der Waals surface area contributed by atoms with Gasteiger partial charge in [-0.15, -0.1) is 0 Å². The lowest BCUT2D eigenvalue weighted by atomic mass is 10.2. The summed E-state index contributed by atoms with van der Waals surface area (Å²) in [4.78, 5) is 11.6. The monoisotopic (exact) mass is 219 g/mol. The summed E-state index contributed by atoms with van der Waals surface area (Å²) in [6.45, 7) is 2.07. The second kappa shape index (κ2) is 3.77. The molecule has 0 saturated heterocycles. The third-order valence-corrected chi connectivity index (χ3v) is 2.35. The van der Waals surface area contributed by atoms with Gasteiger partial charge in [0.1, 0.15) is 5.69 Å². The van der Waals surface area contributed by atoms with Gasteiger partial charge in [0.05, 0.1) is 12.1 Å². The second-order valence-electron chi connectivity index (χ2n) is 3.44. The molecule has 0 spiro atoms. The van der Waals surface area contributed by atoms with E-state index in [2.05, 4.69) is 0 Å². The minimum atomic E-state index is -0.431. The highest BCUT2D eigenvalue weighted by atomic mass is 16.5. The Labute approximate surface area is 92.6 Å². The molecule has 4 N–H and O–H groups in total. The SMILES string of the molecule is CCOC(=O)c1cc2cc(N)ccc2n1N. The topological polar surface area (TPSA) is 83.3 Å². The standard InChI is InChI=1S/C11H13N3O2/c1-2-16-11(15)10-6-7-5-8(12)3-4-9(7)14(10)13/h3-6H,2,12-13H2,1H3. The fraction of sp³-hybridized carbons (Fsp3) is 0.182. The van der Waals surface area contributed by atoms with Crippen molar-refractivity contribution in [2.24, 2.45) is 0 Å². The van der Waals surface area contributed by atoms with Gasteiger partial charge in [0.2, 0.25) is 0 Å². The Bertz CT molecular complexity index is 545. The van der Waals surface area contributed by atoms with Crippen molar-refractivity contribution in [3.05, 3.63) is 30.0 Å². The number of ether oxygens (including phenoxy) is 1. The molecule has 1 aromatic carbocycles. The number of rotatable bonds is 2. The zero-order valence-electron chi connectivity index (χ0n) is 8.93. The number of carbonyl (C=O) groups is 1. The number of anilines is 1. The molecule has 0 aliphatic carbocycles. The zero-order chi connectivity index (χ0) is 11.7. The van der Waals surface area contributed by atoms with Crippen LogP contribution >= 0.6 is 0 Å². The van der Waals surface area contributed by atoms with Crippen LogP contribution in [0.2, 0.25) is 0 Å². The average molecular weight is 219 g/mol. The zero-order valence-corrected chi connectivity index (χ0v) is 8.93. The molecule has 0 atom stereocenters. The second-order valence-corrected chi connectivity index (χ2v) is 3.44. The summed E-state index contributed by atoms with van der Waals surface area (Å²) in [5, 5.41) is 0.825. The average Bonchev–Trinajstić information content (AvgIpc) is 2.56. The van der Waals surface area contributed by atoms with Crippen molar-refractivity contribution >= 4 is 22.6 Å². The van der Waals surface area contributed by atoms with Gasteiger partial charge in [0.25, 0.3) is 0 Å². The molecular formula is C11H13N3O2. The van der Waals surface area contributed by atoms with Gasteiger partial charge in [-0.25, -0.2) is 4.79 Å². The number of hydrogen-bond acceptors (Lipinski definition) is 4. The van der Waals surface area contributed by atoms with E-state index < -0.39 is 5.97 Å². The normalized spacial score (nSPS) is 10.6. The third-order valence-electron chi connectivity index (χ3n) is 2.35. The molecule has 2 rings (SSSR count). The molecule has 0 amide bonds. The number of nitrogens with zero attached hydrogens (tertiary/aromatic N) is 1. The number of hydrogen-bond donors (Lipinski definition) is 2. The Morgan fingerprint density at radius 2 is 2.19 bits per heavy atom. The number of aromatic nitrogens is 1. The molecule has 0 fully saturated rings. The third kappa shape index (κ3) is 1.56. The van der Waals surface area contributed by atoms with E-state index in [1.807, 2.05) is 0 Å². The number of benzene rings is 1. The Morgan fingerprint density at radius 1 is 1.44 bits per heavy atom. The lowest BCUT2D eigenvalue weighted by molar-refractivity contribution is 0.0517. The van der Waals surface area contributed by atoms with E-state index in [0.29, 0.717) is 18.0 Å². The summed E-state index contributed by atoms with van der Waals surface area (Å²) in [6, 6.07) is 6.94. The molecule has 0 aliphatic heterocycles. The Hall–Kier alpha value is -2.17. The van der Waals surface area contributed by atoms with E-state index in [1.165, 1.54) is 4.68 Å². The molecular weight excluding hydrogens is 206 g/mol. The molecule has 0 aliphatic rings. The number of fused-ring (bicyclic) bond motifs is 1. The van der Waals surface area contributed by atoms with E-state index in [9.17, 15) is 4.79 Å². The number of nitrogen functional groups attached to an aromatic ring is 2. The highest BCUT2D eigenvalue weighted by Gasteiger charge is 2.14. The molecule has 5 heteroatoms. The number of esters is 1. The van der Waals surface area contributed by atoms with Crippen LogP contribution < -0.4 is 11.6 Å². The maximum absolute atomic E-state index is 11.6. The van der Waals surface area contributed by atoms with Crippen LogP contribution in [0, 0.1) is 0 Å². The van der Waals surface area contributed by atoms with Crippen LogP contribution in [0.5, 0.6) is 0 Å². The molecule has 0 unspecified atom stereocenters. The van der Waals surface area contributed by atoms with Crippen LogP contribution in [-0.2, 0) is 4.74 Å². The van der Waals surface area contributed by atoms with Gasteiger partial charge in [0.15, 0.2) is 0 Å². The van der Waals surface area contributed by atoms with Gasteiger partial charge in [-0.05, 0) is 31.2 Å². The Morgan fingerprint density at radius 3 is 2.88 bits per heavy atom. The van der Waals surface area contributed by atoms with E-state index in [0.717, 1.165) is 10.9 Å². The fourth-order valence-corrected chi connectivity index (χ4v) is 1.62. The van der Waals surface area contributed by atoms with Crippen molar-refractivity contribution in [3.63, 3.8) is 0 Å². The molecule has 16 heavy (non-hydrogen) atoms. The maximum atomic E-state index is 11.6. The van der Waals surface area contributed by atoms with Gasteiger partial charge in [-0.3, -0.25) is 4.68 Å². The van der Waals surface area contributed by atoms with E-state index in [1.54, 1.807) is 31.2 Å². The summed E-state index contributed by atoms with van der Waals surface area (Å²) < 4.78 is 6.21. The molecule has 2 aromatic rings. The summed E-state index contributed by atoms with van der Waals surface area (Å²) in [5.41, 5.74) is 7.35. The first-order valence-corrected chi connectivity index (χ1v) is 4.96. The van der Waals surface area contributed by atoms with E-state index in [4.69, 9.17) is 16.3 Å². The first-order chi connectivity index (χ1) is 7.63. The minimum Gasteiger partial charge on any atom is -0.461 e. The van der Waals surface area contributed by atoms with Crippen molar-refractivity contribution in [2.45, 2.75) is 6.92 Å². The first-order valence-electron chi connectivity index (χ1n) is 4.96. The number of nitrogens with two attached hydrogens (primary N) is 2. The summed E-state index contributed by atoms with van der Waals surface area (Å²) >= 11 is 0. The summed E-state index contributed by atoms with van der Waals surface area (Å²) in [6.07, 6.45) is 0. The van der Waals surface area contributed by atoms with Gasteiger partial charge in [-0.1, -0.05) is 0 Å². The maximum Gasteiger partial charge on any atom is 0.356 e. The quantitative estimate of drug-likeness (QED) is 0.450. The molecule has 0 saturated carbocycles. The Kier molecular flexibility index (Phi) is 2.44. The van der Waals surface area contributed by atoms with E-state index in [-0.39, 0.29) is 0 Å². The predicted octanol–water partition coefficient (Wildman–Crippen LogP) is 1.11. The van der Waals surface area contributed by atoms with E-state index >= 15 is 0 Å². The smallest absolute Gasteiger partial charge is 0.356 e. The summed E-state index contributed by atoms with van der Waals surface area (Å²) in [5.74, 6) is 5.36. The van der Waals surface area contributed by atoms with Gasteiger partial charge in [0, 0.05) is 11.1 Å². The molecule has 84 valence electrons. The lowest BCUT2D eigenvalue weighted by Crippen LogP contribution is -2.17. The van der Waals surface area contributed by atoms with Crippen LogP contribution in [0.4, 0.5) is 5.69 Å². The molecule has 1 aromatic heterocycles. The molecule has 5 nitrogen and oxygen atoms in total. The van der Waals surface area contributed by atoms with Crippen LogP contribution in [0.15, 0.2) is 24.3 Å². The van der Waals surface area contributed by atoms with Crippen LogP contribution in [0.3, 0.4) is 0 Å². The van der Waals surface area contributed by atoms with Crippen molar-refractivity contribution in [2.75, 3.05) is 18.2 Å². The summed E-state index contributed by atoms with van der Waals surface area (Å²) in [7, 11) is 0. The van der Waals surface area contributed by atoms with Crippen molar-refractivity contribution in [1.29, 1.82) is 0 Å². The highest BCUT2D eigenvalue weighted by Crippen LogP contribution is 2.20. The van der Waals surface area contributed by atoms with Crippen LogP contribution in [0.1, 0.15) is 17.4 Å². The minimum absolute atomic E-state index is 0.322. The fourth-order valence-electron chi connectivity index (χ4n) is 1.62.